The summed E-state index contributed by atoms with van der Waals surface area (Å²) in [6, 6.07) is 12.9. The zero-order chi connectivity index (χ0) is 20.1. The minimum atomic E-state index is -3.97. The number of nitrogens with one attached hydrogen (secondary N) is 1. The van der Waals surface area contributed by atoms with Crippen LogP contribution >= 0.6 is 0 Å². The number of hydrogen-bond donors (Lipinski definition) is 1. The molecule has 1 aliphatic heterocycles. The van der Waals surface area contributed by atoms with Gasteiger partial charge in [-0.05, 0) is 36.6 Å². The third-order valence-electron chi connectivity index (χ3n) is 4.81. The second kappa shape index (κ2) is 8.70. The molecule has 1 amide bonds. The van der Waals surface area contributed by atoms with Crippen LogP contribution in [0.15, 0.2) is 53.4 Å². The number of piperidine rings is 1. The highest BCUT2D eigenvalue weighted by molar-refractivity contribution is 7.89. The smallest absolute Gasteiger partial charge is 0.246 e. The van der Waals surface area contributed by atoms with E-state index >= 15 is 0 Å². The Morgan fingerprint density at radius 1 is 1.25 bits per heavy atom. The highest BCUT2D eigenvalue weighted by atomic mass is 32.2. The first kappa shape index (κ1) is 20.3. The second-order valence-electron chi connectivity index (χ2n) is 6.70. The van der Waals surface area contributed by atoms with Crippen LogP contribution in [0.25, 0.3) is 0 Å². The molecule has 0 radical (unpaired) electrons. The van der Waals surface area contributed by atoms with Gasteiger partial charge in [-0.25, -0.2) is 12.8 Å². The number of hydrogen-bond acceptors (Lipinski definition) is 4. The first-order chi connectivity index (χ1) is 13.4. The maximum atomic E-state index is 13.6. The molecule has 6 nitrogen and oxygen atoms in total. The van der Waals surface area contributed by atoms with Gasteiger partial charge in [-0.15, -0.1) is 0 Å². The van der Waals surface area contributed by atoms with E-state index in [1.54, 1.807) is 0 Å². The predicted octanol–water partition coefficient (Wildman–Crippen LogP) is 2.55. The fourth-order valence-electron chi connectivity index (χ4n) is 3.30. The average molecular weight is 406 g/mol. The molecule has 0 unspecified atom stereocenters. The number of methoxy groups -OCH3 is 1. The SMILES string of the molecule is COc1ccc(F)cc1S(=O)(=O)N1CCC[C@H](C(=O)NCc2ccccc2)C1. The molecule has 28 heavy (non-hydrogen) atoms. The molecule has 0 bridgehead atoms. The number of sulfonamides is 1. The summed E-state index contributed by atoms with van der Waals surface area (Å²) in [6.45, 7) is 0.730. The minimum absolute atomic E-state index is 0.0582. The van der Waals surface area contributed by atoms with Gasteiger partial charge in [-0.3, -0.25) is 4.79 Å². The average Bonchev–Trinajstić information content (AvgIpc) is 2.72. The van der Waals surface area contributed by atoms with Crippen molar-refractivity contribution in [3.8, 4) is 5.75 Å². The van der Waals surface area contributed by atoms with E-state index < -0.39 is 21.8 Å². The van der Waals surface area contributed by atoms with Crippen molar-refractivity contribution in [1.82, 2.24) is 9.62 Å². The lowest BCUT2D eigenvalue weighted by atomic mass is 9.99. The summed E-state index contributed by atoms with van der Waals surface area (Å²) >= 11 is 0. The van der Waals surface area contributed by atoms with Gasteiger partial charge in [-0.2, -0.15) is 4.31 Å². The van der Waals surface area contributed by atoms with Gasteiger partial charge in [0, 0.05) is 19.6 Å². The molecule has 1 heterocycles. The Hall–Kier alpha value is -2.45. The lowest BCUT2D eigenvalue weighted by molar-refractivity contribution is -0.126. The van der Waals surface area contributed by atoms with Gasteiger partial charge in [0.1, 0.15) is 16.5 Å². The first-order valence-corrected chi connectivity index (χ1v) is 10.5. The third kappa shape index (κ3) is 4.51. The molecule has 0 saturated carbocycles. The number of rotatable bonds is 6. The molecule has 3 rings (SSSR count). The number of amides is 1. The standard InChI is InChI=1S/C20H23FN2O4S/c1-27-18-10-9-17(21)12-19(18)28(25,26)23-11-5-8-16(14-23)20(24)22-13-15-6-3-2-4-7-15/h2-4,6-7,9-10,12,16H,5,8,11,13-14H2,1H3,(H,22,24)/t16-/m0/s1. The van der Waals surface area contributed by atoms with E-state index in [0.717, 1.165) is 17.7 Å². The maximum Gasteiger partial charge on any atom is 0.246 e. The van der Waals surface area contributed by atoms with Crippen molar-refractivity contribution in [2.75, 3.05) is 20.2 Å². The van der Waals surface area contributed by atoms with Crippen molar-refractivity contribution in [2.45, 2.75) is 24.3 Å². The Morgan fingerprint density at radius 3 is 2.71 bits per heavy atom. The molecular formula is C20H23FN2O4S. The highest BCUT2D eigenvalue weighted by Crippen LogP contribution is 2.30. The molecule has 1 N–H and O–H groups in total. The monoisotopic (exact) mass is 406 g/mol. The van der Waals surface area contributed by atoms with Crippen LogP contribution in [0.3, 0.4) is 0 Å². The topological polar surface area (TPSA) is 75.7 Å². The van der Waals surface area contributed by atoms with E-state index in [1.807, 2.05) is 30.3 Å². The fourth-order valence-corrected chi connectivity index (χ4v) is 4.99. The molecule has 0 aromatic heterocycles. The summed E-state index contributed by atoms with van der Waals surface area (Å²) in [7, 11) is -2.64. The zero-order valence-electron chi connectivity index (χ0n) is 15.6. The third-order valence-corrected chi connectivity index (χ3v) is 6.69. The Kier molecular flexibility index (Phi) is 6.31. The van der Waals surface area contributed by atoms with E-state index in [9.17, 15) is 17.6 Å². The number of nitrogens with zero attached hydrogens (tertiary/aromatic N) is 1. The summed E-state index contributed by atoms with van der Waals surface area (Å²) < 4.78 is 46.0. The number of carbonyl (C=O) groups is 1. The van der Waals surface area contributed by atoms with E-state index in [2.05, 4.69) is 5.32 Å². The van der Waals surface area contributed by atoms with Crippen LogP contribution < -0.4 is 10.1 Å². The normalized spacial score (nSPS) is 17.9. The van der Waals surface area contributed by atoms with Gasteiger partial charge >= 0.3 is 0 Å². The van der Waals surface area contributed by atoms with Crippen molar-refractivity contribution >= 4 is 15.9 Å². The quantitative estimate of drug-likeness (QED) is 0.800. The predicted molar refractivity (Wildman–Crippen MR) is 103 cm³/mol. The highest BCUT2D eigenvalue weighted by Gasteiger charge is 2.35. The molecule has 1 fully saturated rings. The Morgan fingerprint density at radius 2 is 2.00 bits per heavy atom. The Labute approximate surface area is 164 Å². The number of halogens is 1. The molecule has 2 aromatic rings. The Balaban J connectivity index is 1.72. The van der Waals surface area contributed by atoms with E-state index in [4.69, 9.17) is 4.74 Å². The minimum Gasteiger partial charge on any atom is -0.495 e. The van der Waals surface area contributed by atoms with Crippen LogP contribution in [0.2, 0.25) is 0 Å². The van der Waals surface area contributed by atoms with Crippen molar-refractivity contribution in [1.29, 1.82) is 0 Å². The molecule has 0 spiro atoms. The summed E-state index contributed by atoms with van der Waals surface area (Å²) in [6.07, 6.45) is 1.16. The van der Waals surface area contributed by atoms with Crippen LogP contribution in [-0.4, -0.2) is 38.8 Å². The molecule has 150 valence electrons. The summed E-state index contributed by atoms with van der Waals surface area (Å²) in [4.78, 5) is 12.3. The molecule has 8 heteroatoms. The van der Waals surface area contributed by atoms with Crippen LogP contribution in [0.5, 0.6) is 5.75 Å². The largest absolute Gasteiger partial charge is 0.495 e. The lowest BCUT2D eigenvalue weighted by Gasteiger charge is -2.31. The van der Waals surface area contributed by atoms with Crippen LogP contribution in [-0.2, 0) is 21.4 Å². The molecule has 1 aliphatic rings. The maximum absolute atomic E-state index is 13.6. The van der Waals surface area contributed by atoms with Gasteiger partial charge in [-0.1, -0.05) is 30.3 Å². The lowest BCUT2D eigenvalue weighted by Crippen LogP contribution is -2.45. The number of ether oxygens (including phenoxy) is 1. The summed E-state index contributed by atoms with van der Waals surface area (Å²) in [5.41, 5.74) is 0.973. The van der Waals surface area contributed by atoms with Crippen molar-refractivity contribution in [3.05, 3.63) is 59.9 Å². The molecule has 1 atom stereocenters. The van der Waals surface area contributed by atoms with Crippen molar-refractivity contribution in [2.24, 2.45) is 5.92 Å². The van der Waals surface area contributed by atoms with Gasteiger partial charge in [0.05, 0.1) is 13.0 Å². The Bertz CT molecular complexity index is 934. The van der Waals surface area contributed by atoms with Gasteiger partial charge in [0.25, 0.3) is 0 Å². The van der Waals surface area contributed by atoms with Gasteiger partial charge in [0.15, 0.2) is 0 Å². The summed E-state index contributed by atoms with van der Waals surface area (Å²) in [5.74, 6) is -1.22. The second-order valence-corrected chi connectivity index (χ2v) is 8.61. The van der Waals surface area contributed by atoms with Crippen molar-refractivity contribution < 1.29 is 22.3 Å². The van der Waals surface area contributed by atoms with E-state index in [1.165, 1.54) is 17.5 Å². The zero-order valence-corrected chi connectivity index (χ0v) is 16.4. The van der Waals surface area contributed by atoms with E-state index in [0.29, 0.717) is 19.4 Å². The molecule has 1 saturated heterocycles. The molecule has 0 aliphatic carbocycles. The van der Waals surface area contributed by atoms with Gasteiger partial charge < -0.3 is 10.1 Å². The van der Waals surface area contributed by atoms with Crippen molar-refractivity contribution in [3.63, 3.8) is 0 Å². The molecular weight excluding hydrogens is 383 g/mol. The first-order valence-electron chi connectivity index (χ1n) is 9.07. The van der Waals surface area contributed by atoms with Gasteiger partial charge in [0.2, 0.25) is 15.9 Å². The molecule has 2 aromatic carbocycles. The number of benzene rings is 2. The fraction of sp³-hybridized carbons (Fsp3) is 0.350. The van der Waals surface area contributed by atoms with Crippen LogP contribution in [0, 0.1) is 11.7 Å². The van der Waals surface area contributed by atoms with Crippen LogP contribution in [0.1, 0.15) is 18.4 Å². The number of carbonyl (C=O) groups excluding carboxylic acids is 1. The summed E-state index contributed by atoms with van der Waals surface area (Å²) in [5, 5.41) is 2.87. The van der Waals surface area contributed by atoms with Crippen LogP contribution in [0.4, 0.5) is 4.39 Å². The van der Waals surface area contributed by atoms with E-state index in [-0.39, 0.29) is 29.6 Å².